The Morgan fingerprint density at radius 3 is 2.60 bits per heavy atom. The molecule has 1 aromatic rings. The maximum Gasteiger partial charge on any atom is 0.183 e. The Kier molecular flexibility index (Phi) is 4.28. The normalized spacial score (nSPS) is 26.8. The van der Waals surface area contributed by atoms with Crippen LogP contribution in [0.2, 0.25) is 0 Å². The van der Waals surface area contributed by atoms with Crippen molar-refractivity contribution in [1.29, 1.82) is 0 Å². The molecule has 110 valence electrons. The van der Waals surface area contributed by atoms with Crippen molar-refractivity contribution in [2.45, 2.75) is 45.1 Å². The fourth-order valence-corrected chi connectivity index (χ4v) is 3.48. The molecule has 2 unspecified atom stereocenters. The van der Waals surface area contributed by atoms with Gasteiger partial charge in [-0.1, -0.05) is 19.8 Å². The summed E-state index contributed by atoms with van der Waals surface area (Å²) >= 11 is 0. The predicted molar refractivity (Wildman–Crippen MR) is 79.5 cm³/mol. The van der Waals surface area contributed by atoms with Crippen molar-refractivity contribution in [2.75, 3.05) is 14.1 Å². The lowest BCUT2D eigenvalue weighted by Gasteiger charge is -2.43. The zero-order valence-corrected chi connectivity index (χ0v) is 12.9. The molecule has 0 bridgehead atoms. The summed E-state index contributed by atoms with van der Waals surface area (Å²) in [5, 5.41) is 0. The molecule has 2 rings (SSSR count). The summed E-state index contributed by atoms with van der Waals surface area (Å²) in [6, 6.07) is 4.64. The summed E-state index contributed by atoms with van der Waals surface area (Å²) in [5.41, 5.74) is 0.828. The van der Waals surface area contributed by atoms with Crippen LogP contribution in [-0.4, -0.2) is 30.3 Å². The van der Waals surface area contributed by atoms with Crippen molar-refractivity contribution in [3.05, 3.63) is 35.1 Å². The van der Waals surface area contributed by atoms with Crippen LogP contribution in [0, 0.1) is 18.7 Å². The number of Topliss-reactive ketones (excluding diaryl/α,β-unsaturated/α-hetero) is 1. The van der Waals surface area contributed by atoms with Gasteiger partial charge in [-0.05, 0) is 63.5 Å². The molecule has 0 spiro atoms. The minimum absolute atomic E-state index is 0.0663. The van der Waals surface area contributed by atoms with E-state index >= 15 is 0 Å². The Morgan fingerprint density at radius 2 is 2.05 bits per heavy atom. The van der Waals surface area contributed by atoms with Crippen LogP contribution < -0.4 is 0 Å². The van der Waals surface area contributed by atoms with Gasteiger partial charge in [0.15, 0.2) is 5.78 Å². The zero-order valence-electron chi connectivity index (χ0n) is 12.9. The first-order chi connectivity index (χ1) is 9.35. The van der Waals surface area contributed by atoms with E-state index in [-0.39, 0.29) is 11.6 Å². The third kappa shape index (κ3) is 2.78. The third-order valence-corrected chi connectivity index (χ3v) is 4.56. The smallest absolute Gasteiger partial charge is 0.183 e. The lowest BCUT2D eigenvalue weighted by molar-refractivity contribution is 0.0486. The lowest BCUT2D eigenvalue weighted by Crippen LogP contribution is -2.53. The molecular formula is C17H24FNO. The molecular weight excluding hydrogens is 253 g/mol. The summed E-state index contributed by atoms with van der Waals surface area (Å²) in [5.74, 6) is 0.271. The van der Waals surface area contributed by atoms with Crippen LogP contribution >= 0.6 is 0 Å². The molecule has 0 aromatic heterocycles. The molecule has 1 aliphatic rings. The minimum atomic E-state index is -0.474. The van der Waals surface area contributed by atoms with Crippen LogP contribution in [0.1, 0.15) is 48.5 Å². The van der Waals surface area contributed by atoms with Gasteiger partial charge >= 0.3 is 0 Å². The highest BCUT2D eigenvalue weighted by Crippen LogP contribution is 2.38. The first kappa shape index (κ1) is 15.2. The molecule has 1 fully saturated rings. The number of rotatable bonds is 3. The molecule has 20 heavy (non-hydrogen) atoms. The monoisotopic (exact) mass is 277 g/mol. The van der Waals surface area contributed by atoms with Crippen molar-refractivity contribution in [3.8, 4) is 0 Å². The highest BCUT2D eigenvalue weighted by molar-refractivity contribution is 6.03. The number of aryl methyl sites for hydroxylation is 1. The van der Waals surface area contributed by atoms with Crippen LogP contribution in [0.5, 0.6) is 0 Å². The number of halogens is 1. The van der Waals surface area contributed by atoms with E-state index in [0.29, 0.717) is 11.5 Å². The molecule has 1 saturated carbocycles. The number of carbonyl (C=O) groups is 1. The molecule has 0 radical (unpaired) electrons. The van der Waals surface area contributed by atoms with E-state index in [1.165, 1.54) is 18.6 Å². The van der Waals surface area contributed by atoms with Gasteiger partial charge in [-0.2, -0.15) is 0 Å². The highest BCUT2D eigenvalue weighted by Gasteiger charge is 2.43. The van der Waals surface area contributed by atoms with Crippen molar-refractivity contribution in [3.63, 3.8) is 0 Å². The molecule has 0 saturated heterocycles. The first-order valence-corrected chi connectivity index (χ1v) is 7.34. The highest BCUT2D eigenvalue weighted by atomic mass is 19.1. The summed E-state index contributed by atoms with van der Waals surface area (Å²) in [6.45, 7) is 4.02. The number of hydrogen-bond acceptors (Lipinski definition) is 2. The van der Waals surface area contributed by atoms with Gasteiger partial charge in [-0.3, -0.25) is 9.69 Å². The van der Waals surface area contributed by atoms with Crippen LogP contribution in [0.25, 0.3) is 0 Å². The third-order valence-electron chi connectivity index (χ3n) is 4.56. The topological polar surface area (TPSA) is 20.3 Å². The summed E-state index contributed by atoms with van der Waals surface area (Å²) in [4.78, 5) is 15.0. The Hall–Kier alpha value is -1.22. The Bertz CT molecular complexity index is 491. The fraction of sp³-hybridized carbons (Fsp3) is 0.588. The number of carbonyl (C=O) groups excluding carboxylic acids is 1. The van der Waals surface area contributed by atoms with E-state index in [1.54, 1.807) is 6.07 Å². The van der Waals surface area contributed by atoms with Gasteiger partial charge in [0.25, 0.3) is 0 Å². The first-order valence-electron chi connectivity index (χ1n) is 7.34. The van der Waals surface area contributed by atoms with E-state index in [9.17, 15) is 9.18 Å². The zero-order chi connectivity index (χ0) is 14.9. The molecule has 2 atom stereocenters. The maximum atomic E-state index is 13.6. The Labute approximate surface area is 121 Å². The fourth-order valence-electron chi connectivity index (χ4n) is 3.48. The SMILES string of the molecule is Cc1cc(F)cc(C(=O)C2(N(C)C)CCCC(C)C2)c1. The standard InChI is InChI=1S/C17H24FNO/c1-12-6-5-7-17(11-12,19(3)4)16(20)14-8-13(2)9-15(18)10-14/h8-10,12H,5-7,11H2,1-4H3. The summed E-state index contributed by atoms with van der Waals surface area (Å²) in [7, 11) is 3.92. The molecule has 0 aliphatic heterocycles. The van der Waals surface area contributed by atoms with Gasteiger partial charge in [-0.25, -0.2) is 4.39 Å². The second kappa shape index (κ2) is 5.65. The Balaban J connectivity index is 2.41. The minimum Gasteiger partial charge on any atom is -0.297 e. The maximum absolute atomic E-state index is 13.6. The van der Waals surface area contributed by atoms with Crippen molar-refractivity contribution < 1.29 is 9.18 Å². The average Bonchev–Trinajstić information content (AvgIpc) is 2.36. The summed E-state index contributed by atoms with van der Waals surface area (Å²) < 4.78 is 13.6. The van der Waals surface area contributed by atoms with Crippen molar-refractivity contribution in [1.82, 2.24) is 4.90 Å². The van der Waals surface area contributed by atoms with Gasteiger partial charge in [0, 0.05) is 5.56 Å². The molecule has 0 heterocycles. The van der Waals surface area contributed by atoms with Gasteiger partial charge in [-0.15, -0.1) is 0 Å². The van der Waals surface area contributed by atoms with E-state index in [4.69, 9.17) is 0 Å². The summed E-state index contributed by atoms with van der Waals surface area (Å²) in [6.07, 6.45) is 3.94. The number of ketones is 1. The van der Waals surface area contributed by atoms with E-state index in [1.807, 2.05) is 25.9 Å². The van der Waals surface area contributed by atoms with Crippen molar-refractivity contribution >= 4 is 5.78 Å². The molecule has 0 N–H and O–H groups in total. The van der Waals surface area contributed by atoms with Gasteiger partial charge in [0.1, 0.15) is 5.82 Å². The van der Waals surface area contributed by atoms with Crippen molar-refractivity contribution in [2.24, 2.45) is 5.92 Å². The molecule has 1 aliphatic carbocycles. The van der Waals surface area contributed by atoms with E-state index in [2.05, 4.69) is 6.92 Å². The van der Waals surface area contributed by atoms with Gasteiger partial charge < -0.3 is 0 Å². The van der Waals surface area contributed by atoms with E-state index < -0.39 is 5.54 Å². The van der Waals surface area contributed by atoms with E-state index in [0.717, 1.165) is 24.8 Å². The average molecular weight is 277 g/mol. The number of likely N-dealkylation sites (N-methyl/N-ethyl adjacent to an activating group) is 1. The largest absolute Gasteiger partial charge is 0.297 e. The molecule has 3 heteroatoms. The molecule has 1 aromatic carbocycles. The lowest BCUT2D eigenvalue weighted by atomic mass is 9.71. The number of hydrogen-bond donors (Lipinski definition) is 0. The Morgan fingerprint density at radius 1 is 1.35 bits per heavy atom. The van der Waals surface area contributed by atoms with Crippen LogP contribution in [0.3, 0.4) is 0 Å². The van der Waals surface area contributed by atoms with Crippen LogP contribution in [0.15, 0.2) is 18.2 Å². The molecule has 2 nitrogen and oxygen atoms in total. The van der Waals surface area contributed by atoms with Gasteiger partial charge in [0.2, 0.25) is 0 Å². The number of nitrogens with zero attached hydrogens (tertiary/aromatic N) is 1. The second-order valence-corrected chi connectivity index (χ2v) is 6.47. The van der Waals surface area contributed by atoms with Crippen LogP contribution in [-0.2, 0) is 0 Å². The number of benzene rings is 1. The quantitative estimate of drug-likeness (QED) is 0.783. The predicted octanol–water partition coefficient (Wildman–Crippen LogP) is 3.83. The second-order valence-electron chi connectivity index (χ2n) is 6.47. The van der Waals surface area contributed by atoms with Gasteiger partial charge in [0.05, 0.1) is 5.54 Å². The molecule has 0 amide bonds. The van der Waals surface area contributed by atoms with Crippen LogP contribution in [0.4, 0.5) is 4.39 Å².